The van der Waals surface area contributed by atoms with Gasteiger partial charge in [0.25, 0.3) is 5.56 Å². The van der Waals surface area contributed by atoms with Crippen LogP contribution in [-0.4, -0.2) is 21.6 Å². The number of nitrogens with zero attached hydrogens (tertiary/aromatic N) is 3. The van der Waals surface area contributed by atoms with Crippen LogP contribution in [0.2, 0.25) is 0 Å². The molecular weight excluding hydrogens is 302 g/mol. The number of hydrogen-bond donors (Lipinski definition) is 2. The molecule has 0 aliphatic heterocycles. The maximum absolute atomic E-state index is 12.9. The van der Waals surface area contributed by atoms with Gasteiger partial charge < -0.3 is 11.1 Å². The third-order valence-corrected chi connectivity index (χ3v) is 4.55. The lowest BCUT2D eigenvalue weighted by Gasteiger charge is -2.16. The van der Waals surface area contributed by atoms with Gasteiger partial charge in [-0.2, -0.15) is 0 Å². The van der Waals surface area contributed by atoms with Crippen molar-refractivity contribution in [3.8, 4) is 5.69 Å². The second-order valence-corrected chi connectivity index (χ2v) is 6.17. The van der Waals surface area contributed by atoms with Crippen LogP contribution in [0.4, 0.5) is 11.4 Å². The Morgan fingerprint density at radius 3 is 2.75 bits per heavy atom. The summed E-state index contributed by atoms with van der Waals surface area (Å²) in [6.07, 6.45) is 4.02. The molecule has 122 valence electrons. The summed E-state index contributed by atoms with van der Waals surface area (Å²) in [5.41, 5.74) is 9.78. The molecular formula is C18H19N5O. The first-order valence-electron chi connectivity index (χ1n) is 8.06. The summed E-state index contributed by atoms with van der Waals surface area (Å²) in [5, 5.41) is 3.88. The van der Waals surface area contributed by atoms with E-state index < -0.39 is 0 Å². The van der Waals surface area contributed by atoms with Crippen LogP contribution in [0.25, 0.3) is 16.7 Å². The fourth-order valence-corrected chi connectivity index (χ4v) is 3.11. The first-order chi connectivity index (χ1) is 11.6. The number of fused-ring (bicyclic) bond motifs is 1. The lowest BCUT2D eigenvalue weighted by atomic mass is 10.1. The zero-order valence-electron chi connectivity index (χ0n) is 13.7. The van der Waals surface area contributed by atoms with Gasteiger partial charge in [-0.15, -0.1) is 0 Å². The molecule has 3 heterocycles. The molecule has 6 nitrogen and oxygen atoms in total. The summed E-state index contributed by atoms with van der Waals surface area (Å²) in [4.78, 5) is 22.0. The van der Waals surface area contributed by atoms with Crippen molar-refractivity contribution in [2.75, 3.05) is 18.1 Å². The molecule has 0 atom stereocenters. The molecule has 0 spiro atoms. The molecule has 6 heteroatoms. The molecule has 3 N–H and O–H groups in total. The minimum Gasteiger partial charge on any atom is -0.393 e. The summed E-state index contributed by atoms with van der Waals surface area (Å²) < 4.78 is 1.58. The summed E-state index contributed by atoms with van der Waals surface area (Å²) in [7, 11) is 1.76. The highest BCUT2D eigenvalue weighted by Crippen LogP contribution is 2.40. The van der Waals surface area contributed by atoms with Crippen molar-refractivity contribution in [1.29, 1.82) is 0 Å². The molecule has 0 unspecified atom stereocenters. The Morgan fingerprint density at radius 2 is 2.08 bits per heavy atom. The monoisotopic (exact) mass is 321 g/mol. The van der Waals surface area contributed by atoms with Gasteiger partial charge in [0.2, 0.25) is 0 Å². The van der Waals surface area contributed by atoms with Crippen LogP contribution in [0.15, 0.2) is 35.3 Å². The minimum atomic E-state index is -0.275. The SMILES string of the molecule is CNc1c(N)c(=O)n(-c2cccnc2C)c2nc(C3CC3)ccc12. The number of nitrogens with two attached hydrogens (primary N) is 1. The summed E-state index contributed by atoms with van der Waals surface area (Å²) in [6.45, 7) is 1.88. The van der Waals surface area contributed by atoms with Crippen LogP contribution in [0.1, 0.15) is 30.1 Å². The van der Waals surface area contributed by atoms with Crippen molar-refractivity contribution >= 4 is 22.4 Å². The standard InChI is InChI=1S/C18H19N5O/c1-10-14(4-3-9-21-10)23-17-12(16(20-2)15(19)18(23)24)7-8-13(22-17)11-5-6-11/h3-4,7-9,11,20H,5-6,19H2,1-2H3. The van der Waals surface area contributed by atoms with Gasteiger partial charge in [-0.05, 0) is 44.0 Å². The molecule has 24 heavy (non-hydrogen) atoms. The largest absolute Gasteiger partial charge is 0.393 e. The van der Waals surface area contributed by atoms with Crippen LogP contribution in [0.5, 0.6) is 0 Å². The van der Waals surface area contributed by atoms with Crippen molar-refractivity contribution < 1.29 is 0 Å². The fraction of sp³-hybridized carbons (Fsp3) is 0.278. The van der Waals surface area contributed by atoms with Crippen LogP contribution >= 0.6 is 0 Å². The Labute approximate surface area is 139 Å². The molecule has 3 aromatic heterocycles. The second kappa shape index (κ2) is 5.33. The highest BCUT2D eigenvalue weighted by molar-refractivity contribution is 5.96. The van der Waals surface area contributed by atoms with E-state index in [4.69, 9.17) is 10.7 Å². The predicted molar refractivity (Wildman–Crippen MR) is 95.8 cm³/mol. The molecule has 0 bridgehead atoms. The van der Waals surface area contributed by atoms with E-state index in [0.29, 0.717) is 22.9 Å². The maximum Gasteiger partial charge on any atom is 0.282 e. The van der Waals surface area contributed by atoms with Crippen molar-refractivity contribution in [1.82, 2.24) is 14.5 Å². The third-order valence-electron chi connectivity index (χ3n) is 4.55. The van der Waals surface area contributed by atoms with Crippen molar-refractivity contribution in [3.05, 3.63) is 52.2 Å². The van der Waals surface area contributed by atoms with Crippen LogP contribution in [-0.2, 0) is 0 Å². The zero-order valence-corrected chi connectivity index (χ0v) is 13.7. The second-order valence-electron chi connectivity index (χ2n) is 6.17. The Kier molecular flexibility index (Phi) is 3.26. The number of hydrogen-bond acceptors (Lipinski definition) is 5. The van der Waals surface area contributed by atoms with Crippen molar-refractivity contribution in [2.24, 2.45) is 0 Å². The third kappa shape index (κ3) is 2.14. The minimum absolute atomic E-state index is 0.189. The maximum atomic E-state index is 12.9. The van der Waals surface area contributed by atoms with Crippen LogP contribution in [0.3, 0.4) is 0 Å². The van der Waals surface area contributed by atoms with E-state index in [-0.39, 0.29) is 11.2 Å². The highest BCUT2D eigenvalue weighted by Gasteiger charge is 2.26. The smallest absolute Gasteiger partial charge is 0.282 e. The van der Waals surface area contributed by atoms with Crippen molar-refractivity contribution in [3.63, 3.8) is 0 Å². The Balaban J connectivity index is 2.14. The van der Waals surface area contributed by atoms with E-state index >= 15 is 0 Å². The highest BCUT2D eigenvalue weighted by atomic mass is 16.1. The summed E-state index contributed by atoms with van der Waals surface area (Å²) in [6, 6.07) is 7.71. The van der Waals surface area contributed by atoms with Gasteiger partial charge in [-0.25, -0.2) is 4.98 Å². The van der Waals surface area contributed by atoms with Gasteiger partial charge in [0.15, 0.2) is 0 Å². The topological polar surface area (TPSA) is 85.8 Å². The summed E-state index contributed by atoms with van der Waals surface area (Å²) in [5.74, 6) is 0.503. The number of aryl methyl sites for hydroxylation is 1. The normalized spacial score (nSPS) is 14.1. The van der Waals surface area contributed by atoms with E-state index in [1.54, 1.807) is 17.8 Å². The molecule has 1 fully saturated rings. The number of rotatable bonds is 3. The van der Waals surface area contributed by atoms with E-state index in [1.807, 2.05) is 31.2 Å². The molecule has 3 aromatic rings. The molecule has 0 radical (unpaired) electrons. The molecule has 1 aliphatic rings. The zero-order chi connectivity index (χ0) is 16.8. The summed E-state index contributed by atoms with van der Waals surface area (Å²) >= 11 is 0. The predicted octanol–water partition coefficient (Wildman–Crippen LogP) is 2.59. The fourth-order valence-electron chi connectivity index (χ4n) is 3.11. The number of pyridine rings is 3. The Morgan fingerprint density at radius 1 is 1.29 bits per heavy atom. The van der Waals surface area contributed by atoms with Gasteiger partial charge in [0.05, 0.1) is 17.1 Å². The Hall–Kier alpha value is -2.89. The van der Waals surface area contributed by atoms with Gasteiger partial charge in [0.1, 0.15) is 11.3 Å². The average molecular weight is 321 g/mol. The molecule has 0 aromatic carbocycles. The first kappa shape index (κ1) is 14.7. The van der Waals surface area contributed by atoms with Gasteiger partial charge in [-0.1, -0.05) is 0 Å². The van der Waals surface area contributed by atoms with Gasteiger partial charge in [0, 0.05) is 30.2 Å². The molecule has 4 rings (SSSR count). The lowest BCUT2D eigenvalue weighted by molar-refractivity contribution is 0.955. The van der Waals surface area contributed by atoms with Crippen LogP contribution in [0, 0.1) is 6.92 Å². The average Bonchev–Trinajstić information content (AvgIpc) is 3.42. The number of nitrogen functional groups attached to an aromatic ring is 1. The van der Waals surface area contributed by atoms with Crippen molar-refractivity contribution in [2.45, 2.75) is 25.7 Å². The molecule has 1 saturated carbocycles. The van der Waals surface area contributed by atoms with Crippen LogP contribution < -0.4 is 16.6 Å². The quantitative estimate of drug-likeness (QED) is 0.774. The number of anilines is 2. The molecule has 0 amide bonds. The van der Waals surface area contributed by atoms with E-state index in [9.17, 15) is 4.79 Å². The van der Waals surface area contributed by atoms with Gasteiger partial charge in [-0.3, -0.25) is 14.3 Å². The van der Waals surface area contributed by atoms with Gasteiger partial charge >= 0.3 is 0 Å². The lowest BCUT2D eigenvalue weighted by Crippen LogP contribution is -2.25. The van der Waals surface area contributed by atoms with E-state index in [2.05, 4.69) is 10.3 Å². The first-order valence-corrected chi connectivity index (χ1v) is 8.06. The number of aromatic nitrogens is 3. The molecule has 1 aliphatic carbocycles. The Bertz CT molecular complexity index is 1000. The van der Waals surface area contributed by atoms with E-state index in [1.165, 1.54) is 0 Å². The molecule has 0 saturated heterocycles. The number of nitrogens with one attached hydrogen (secondary N) is 1. The van der Waals surface area contributed by atoms with E-state index in [0.717, 1.165) is 29.6 Å².